The van der Waals surface area contributed by atoms with Gasteiger partial charge in [-0.3, -0.25) is 0 Å². The van der Waals surface area contributed by atoms with Crippen LogP contribution in [0.3, 0.4) is 0 Å². The van der Waals surface area contributed by atoms with Crippen LogP contribution in [-0.2, 0) is 0 Å². The Labute approximate surface area is 83.7 Å². The summed E-state index contributed by atoms with van der Waals surface area (Å²) in [6.45, 7) is 5.04. The van der Waals surface area contributed by atoms with Crippen LogP contribution in [-0.4, -0.2) is 25.7 Å². The Balaban J connectivity index is 2.17. The Morgan fingerprint density at radius 3 is 2.79 bits per heavy atom. The minimum absolute atomic E-state index is 0.159. The summed E-state index contributed by atoms with van der Waals surface area (Å²) in [5, 5.41) is 3.22. The predicted octanol–water partition coefficient (Wildman–Crippen LogP) is 1.62. The summed E-state index contributed by atoms with van der Waals surface area (Å²) in [5.41, 5.74) is 0.985. The fourth-order valence-electron chi connectivity index (χ4n) is 1.80. The largest absolute Gasteiger partial charge is 0.366 e. The van der Waals surface area contributed by atoms with Crippen LogP contribution < -0.4 is 10.2 Å². The quantitative estimate of drug-likeness (QED) is 0.786. The Hall–Kier alpha value is -1.09. The first-order valence-corrected chi connectivity index (χ1v) is 5.04. The molecule has 1 aromatic carbocycles. The Bertz CT molecular complexity index is 310. The summed E-state index contributed by atoms with van der Waals surface area (Å²) in [5.74, 6) is -0.159. The molecule has 1 aliphatic rings. The van der Waals surface area contributed by atoms with Crippen molar-refractivity contribution < 1.29 is 4.39 Å². The van der Waals surface area contributed by atoms with E-state index < -0.39 is 0 Å². The van der Waals surface area contributed by atoms with Crippen molar-refractivity contribution in [3.05, 3.63) is 30.1 Å². The molecule has 0 saturated carbocycles. The van der Waals surface area contributed by atoms with Crippen molar-refractivity contribution in [3.8, 4) is 0 Å². The molecule has 0 atom stereocenters. The molecule has 2 nitrogen and oxygen atoms in total. The predicted molar refractivity (Wildman–Crippen MR) is 56.1 cm³/mol. The van der Waals surface area contributed by atoms with Gasteiger partial charge < -0.3 is 10.2 Å². The van der Waals surface area contributed by atoms with E-state index in [9.17, 15) is 4.39 Å². The van der Waals surface area contributed by atoms with Crippen LogP contribution in [0.15, 0.2) is 24.3 Å². The first kappa shape index (κ1) is 9.46. The third-order valence-electron chi connectivity index (χ3n) is 2.68. The lowest BCUT2D eigenvalue weighted by molar-refractivity contribution is 0.417. The highest BCUT2D eigenvalue weighted by Gasteiger charge is 2.23. The Morgan fingerprint density at radius 2 is 2.29 bits per heavy atom. The second kappa shape index (κ2) is 3.96. The van der Waals surface area contributed by atoms with Gasteiger partial charge >= 0.3 is 0 Å². The topological polar surface area (TPSA) is 15.3 Å². The lowest BCUT2D eigenvalue weighted by Gasteiger charge is -2.39. The second-order valence-electron chi connectivity index (χ2n) is 3.58. The number of anilines is 1. The van der Waals surface area contributed by atoms with E-state index in [-0.39, 0.29) is 5.82 Å². The smallest absolute Gasteiger partial charge is 0.125 e. The van der Waals surface area contributed by atoms with Gasteiger partial charge in [-0.2, -0.15) is 0 Å². The molecule has 2 rings (SSSR count). The van der Waals surface area contributed by atoms with Crippen LogP contribution in [0.5, 0.6) is 0 Å². The van der Waals surface area contributed by atoms with Crippen molar-refractivity contribution >= 4 is 5.69 Å². The molecule has 1 saturated heterocycles. The molecule has 0 spiro atoms. The Morgan fingerprint density at radius 1 is 1.50 bits per heavy atom. The zero-order valence-corrected chi connectivity index (χ0v) is 8.33. The number of benzene rings is 1. The fraction of sp³-hybridized carbons (Fsp3) is 0.455. The monoisotopic (exact) mass is 194 g/mol. The maximum atomic E-state index is 13.0. The minimum Gasteiger partial charge on any atom is -0.366 e. The number of likely N-dealkylation sites (N-methyl/N-ethyl adjacent to an activating group) is 1. The molecule has 0 unspecified atom stereocenters. The van der Waals surface area contributed by atoms with E-state index in [2.05, 4.69) is 17.1 Å². The van der Waals surface area contributed by atoms with Crippen molar-refractivity contribution in [3.63, 3.8) is 0 Å². The molecule has 0 aliphatic carbocycles. The SMILES string of the molecule is CCN(c1cccc(F)c1)C1CNC1. The maximum absolute atomic E-state index is 13.0. The first-order valence-electron chi connectivity index (χ1n) is 5.04. The lowest BCUT2D eigenvalue weighted by atomic mass is 10.1. The lowest BCUT2D eigenvalue weighted by Crippen LogP contribution is -2.57. The average Bonchev–Trinajstić information content (AvgIpc) is 2.10. The van der Waals surface area contributed by atoms with Crippen LogP contribution in [0.4, 0.5) is 10.1 Å². The first-order chi connectivity index (χ1) is 6.81. The molecule has 0 aromatic heterocycles. The van der Waals surface area contributed by atoms with Crippen LogP contribution in [0.25, 0.3) is 0 Å². The van der Waals surface area contributed by atoms with E-state index in [1.807, 2.05) is 6.07 Å². The molecule has 76 valence electrons. The van der Waals surface area contributed by atoms with Crippen LogP contribution >= 0.6 is 0 Å². The van der Waals surface area contributed by atoms with E-state index in [1.165, 1.54) is 6.07 Å². The van der Waals surface area contributed by atoms with E-state index in [1.54, 1.807) is 12.1 Å². The highest BCUT2D eigenvalue weighted by atomic mass is 19.1. The van der Waals surface area contributed by atoms with Gasteiger partial charge in [0.1, 0.15) is 5.82 Å². The molecule has 0 bridgehead atoms. The summed E-state index contributed by atoms with van der Waals surface area (Å²) in [4.78, 5) is 2.24. The standard InChI is InChI=1S/C11H15FN2/c1-2-14(11-7-13-8-11)10-5-3-4-9(12)6-10/h3-6,11,13H,2,7-8H2,1H3. The summed E-state index contributed by atoms with van der Waals surface area (Å²) >= 11 is 0. The maximum Gasteiger partial charge on any atom is 0.125 e. The number of rotatable bonds is 3. The third kappa shape index (κ3) is 1.73. The molecule has 0 radical (unpaired) electrons. The molecule has 1 fully saturated rings. The van der Waals surface area contributed by atoms with E-state index in [4.69, 9.17) is 0 Å². The molecule has 1 N–H and O–H groups in total. The van der Waals surface area contributed by atoms with Gasteiger partial charge in [-0.1, -0.05) is 6.07 Å². The van der Waals surface area contributed by atoms with Gasteiger partial charge in [-0.25, -0.2) is 4.39 Å². The molecule has 1 aromatic rings. The normalized spacial score (nSPS) is 16.4. The zero-order chi connectivity index (χ0) is 9.97. The van der Waals surface area contributed by atoms with Gasteiger partial charge in [0.05, 0.1) is 6.04 Å². The number of nitrogens with zero attached hydrogens (tertiary/aromatic N) is 1. The van der Waals surface area contributed by atoms with Crippen molar-refractivity contribution in [2.24, 2.45) is 0 Å². The number of hydrogen-bond acceptors (Lipinski definition) is 2. The van der Waals surface area contributed by atoms with Crippen molar-refractivity contribution in [1.29, 1.82) is 0 Å². The van der Waals surface area contributed by atoms with Crippen LogP contribution in [0.2, 0.25) is 0 Å². The van der Waals surface area contributed by atoms with Gasteiger partial charge in [-0.05, 0) is 25.1 Å². The van der Waals surface area contributed by atoms with E-state index in [0.29, 0.717) is 6.04 Å². The molecule has 0 amide bonds. The van der Waals surface area contributed by atoms with Gasteiger partial charge in [0.2, 0.25) is 0 Å². The van der Waals surface area contributed by atoms with Gasteiger partial charge in [0, 0.05) is 25.3 Å². The summed E-state index contributed by atoms with van der Waals surface area (Å²) in [6, 6.07) is 7.34. The summed E-state index contributed by atoms with van der Waals surface area (Å²) < 4.78 is 13.0. The molecular weight excluding hydrogens is 179 g/mol. The molecule has 14 heavy (non-hydrogen) atoms. The molecule has 1 heterocycles. The molecule has 1 aliphatic heterocycles. The Kier molecular flexibility index (Phi) is 2.68. The van der Waals surface area contributed by atoms with Gasteiger partial charge in [0.25, 0.3) is 0 Å². The van der Waals surface area contributed by atoms with Crippen LogP contribution in [0.1, 0.15) is 6.92 Å². The zero-order valence-electron chi connectivity index (χ0n) is 8.33. The summed E-state index contributed by atoms with van der Waals surface area (Å²) in [6.07, 6.45) is 0. The van der Waals surface area contributed by atoms with Crippen molar-refractivity contribution in [2.45, 2.75) is 13.0 Å². The minimum atomic E-state index is -0.159. The third-order valence-corrected chi connectivity index (χ3v) is 2.68. The summed E-state index contributed by atoms with van der Waals surface area (Å²) in [7, 11) is 0. The number of nitrogens with one attached hydrogen (secondary N) is 1. The number of halogens is 1. The molecular formula is C11H15FN2. The van der Waals surface area contributed by atoms with Gasteiger partial charge in [-0.15, -0.1) is 0 Å². The van der Waals surface area contributed by atoms with Crippen molar-refractivity contribution in [2.75, 3.05) is 24.5 Å². The number of hydrogen-bond donors (Lipinski definition) is 1. The van der Waals surface area contributed by atoms with Crippen molar-refractivity contribution in [1.82, 2.24) is 5.32 Å². The second-order valence-corrected chi connectivity index (χ2v) is 3.58. The fourth-order valence-corrected chi connectivity index (χ4v) is 1.80. The highest BCUT2D eigenvalue weighted by molar-refractivity contribution is 5.48. The van der Waals surface area contributed by atoms with E-state index >= 15 is 0 Å². The average molecular weight is 194 g/mol. The molecule has 3 heteroatoms. The van der Waals surface area contributed by atoms with Gasteiger partial charge in [0.15, 0.2) is 0 Å². The van der Waals surface area contributed by atoms with Crippen LogP contribution in [0, 0.1) is 5.82 Å². The highest BCUT2D eigenvalue weighted by Crippen LogP contribution is 2.19. The van der Waals surface area contributed by atoms with E-state index in [0.717, 1.165) is 25.3 Å².